The van der Waals surface area contributed by atoms with E-state index in [9.17, 15) is 9.59 Å². The lowest BCUT2D eigenvalue weighted by Crippen LogP contribution is -1.95. The molecule has 1 unspecified atom stereocenters. The fourth-order valence-corrected chi connectivity index (χ4v) is 1.52. The van der Waals surface area contributed by atoms with Crippen LogP contribution < -0.4 is 0 Å². The van der Waals surface area contributed by atoms with E-state index in [2.05, 4.69) is 0 Å². The molecule has 0 aromatic rings. The molecular formula is C12H22O3. The zero-order chi connectivity index (χ0) is 11.5. The highest BCUT2D eigenvalue weighted by Crippen LogP contribution is 2.11. The number of hydrogen-bond donors (Lipinski definition) is 1. The lowest BCUT2D eigenvalue weighted by atomic mass is 10.0. The highest BCUT2D eigenvalue weighted by atomic mass is 16.4. The summed E-state index contributed by atoms with van der Waals surface area (Å²) in [6.45, 7) is 1.94. The first kappa shape index (κ1) is 14.1. The molecule has 0 saturated heterocycles. The molecule has 0 bridgehead atoms. The number of carboxylic acid groups (broad SMARTS) is 1. The fraction of sp³-hybridized carbons (Fsp3) is 0.833. The van der Waals surface area contributed by atoms with E-state index >= 15 is 0 Å². The van der Waals surface area contributed by atoms with Gasteiger partial charge in [-0.15, -0.1) is 0 Å². The standard InChI is InChI=1S/C12H22O3/c1-11(10-13)8-6-4-2-3-5-7-9-12(14)15/h10-11H,2-9H2,1H3,(H,14,15). The number of hydrogen-bond acceptors (Lipinski definition) is 2. The largest absolute Gasteiger partial charge is 0.481 e. The van der Waals surface area contributed by atoms with Crippen molar-refractivity contribution in [2.75, 3.05) is 0 Å². The van der Waals surface area contributed by atoms with Crippen LogP contribution in [0.15, 0.2) is 0 Å². The van der Waals surface area contributed by atoms with E-state index in [1.54, 1.807) is 0 Å². The zero-order valence-corrected chi connectivity index (χ0v) is 9.58. The molecule has 15 heavy (non-hydrogen) atoms. The molecule has 0 aliphatic heterocycles. The van der Waals surface area contributed by atoms with Crippen LogP contribution in [0, 0.1) is 5.92 Å². The second-order valence-corrected chi connectivity index (χ2v) is 4.17. The average molecular weight is 214 g/mol. The van der Waals surface area contributed by atoms with Gasteiger partial charge in [0.25, 0.3) is 0 Å². The second-order valence-electron chi connectivity index (χ2n) is 4.17. The number of aldehydes is 1. The van der Waals surface area contributed by atoms with Crippen LogP contribution in [0.4, 0.5) is 0 Å². The Balaban J connectivity index is 3.05. The monoisotopic (exact) mass is 214 g/mol. The molecule has 1 atom stereocenters. The third-order valence-corrected chi connectivity index (χ3v) is 2.53. The predicted octanol–water partition coefficient (Wildman–Crippen LogP) is 3.03. The molecule has 0 spiro atoms. The van der Waals surface area contributed by atoms with Gasteiger partial charge in [-0.1, -0.05) is 39.0 Å². The third kappa shape index (κ3) is 11.1. The van der Waals surface area contributed by atoms with Crippen molar-refractivity contribution in [3.8, 4) is 0 Å². The number of carbonyl (C=O) groups excluding carboxylic acids is 1. The van der Waals surface area contributed by atoms with E-state index in [1.165, 1.54) is 0 Å². The zero-order valence-electron chi connectivity index (χ0n) is 9.58. The van der Waals surface area contributed by atoms with Gasteiger partial charge in [0.2, 0.25) is 0 Å². The van der Waals surface area contributed by atoms with Gasteiger partial charge in [-0.05, 0) is 12.8 Å². The summed E-state index contributed by atoms with van der Waals surface area (Å²) in [5.41, 5.74) is 0. The Labute approximate surface area is 91.9 Å². The fourth-order valence-electron chi connectivity index (χ4n) is 1.52. The normalized spacial score (nSPS) is 12.3. The first-order valence-electron chi connectivity index (χ1n) is 5.84. The lowest BCUT2D eigenvalue weighted by molar-refractivity contribution is -0.137. The van der Waals surface area contributed by atoms with Crippen molar-refractivity contribution in [2.24, 2.45) is 5.92 Å². The van der Waals surface area contributed by atoms with Crippen LogP contribution in [0.2, 0.25) is 0 Å². The van der Waals surface area contributed by atoms with Crippen LogP contribution in [0.3, 0.4) is 0 Å². The average Bonchev–Trinajstić information content (AvgIpc) is 2.21. The molecule has 0 rings (SSSR count). The van der Waals surface area contributed by atoms with Crippen LogP contribution in [0.1, 0.15) is 58.3 Å². The van der Waals surface area contributed by atoms with Gasteiger partial charge in [0.15, 0.2) is 0 Å². The van der Waals surface area contributed by atoms with Gasteiger partial charge >= 0.3 is 5.97 Å². The van der Waals surface area contributed by atoms with Crippen LogP contribution >= 0.6 is 0 Å². The molecule has 0 aromatic carbocycles. The Hall–Kier alpha value is -0.860. The van der Waals surface area contributed by atoms with Crippen LogP contribution in [0.25, 0.3) is 0 Å². The maximum Gasteiger partial charge on any atom is 0.303 e. The van der Waals surface area contributed by atoms with Crippen LogP contribution in [-0.2, 0) is 9.59 Å². The van der Waals surface area contributed by atoms with E-state index in [-0.39, 0.29) is 5.92 Å². The summed E-state index contributed by atoms with van der Waals surface area (Å²) in [5.74, 6) is -0.508. The molecule has 1 N–H and O–H groups in total. The van der Waals surface area contributed by atoms with Gasteiger partial charge in [0.1, 0.15) is 6.29 Å². The lowest BCUT2D eigenvalue weighted by Gasteiger charge is -2.03. The van der Waals surface area contributed by atoms with E-state index in [4.69, 9.17) is 5.11 Å². The van der Waals surface area contributed by atoms with Gasteiger partial charge in [-0.25, -0.2) is 0 Å². The van der Waals surface area contributed by atoms with Gasteiger partial charge in [-0.3, -0.25) is 4.79 Å². The maximum absolute atomic E-state index is 10.3. The summed E-state index contributed by atoms with van der Waals surface area (Å²) >= 11 is 0. The van der Waals surface area contributed by atoms with E-state index < -0.39 is 5.97 Å². The van der Waals surface area contributed by atoms with E-state index in [0.29, 0.717) is 6.42 Å². The number of carbonyl (C=O) groups is 2. The molecule has 0 fully saturated rings. The van der Waals surface area contributed by atoms with Crippen molar-refractivity contribution in [2.45, 2.75) is 58.3 Å². The van der Waals surface area contributed by atoms with Crippen molar-refractivity contribution < 1.29 is 14.7 Å². The number of unbranched alkanes of at least 4 members (excludes halogenated alkanes) is 5. The number of aliphatic carboxylic acids is 1. The highest BCUT2D eigenvalue weighted by Gasteiger charge is 1.99. The summed E-state index contributed by atoms with van der Waals surface area (Å²) in [4.78, 5) is 20.5. The quantitative estimate of drug-likeness (QED) is 0.449. The molecule has 0 aliphatic rings. The third-order valence-electron chi connectivity index (χ3n) is 2.53. The van der Waals surface area contributed by atoms with E-state index in [1.807, 2.05) is 6.92 Å². The molecule has 0 aliphatic carbocycles. The molecule has 0 amide bonds. The topological polar surface area (TPSA) is 54.4 Å². The molecule has 0 saturated carbocycles. The van der Waals surface area contributed by atoms with Gasteiger partial charge in [-0.2, -0.15) is 0 Å². The minimum Gasteiger partial charge on any atom is -0.481 e. The first-order chi connectivity index (χ1) is 7.16. The highest BCUT2D eigenvalue weighted by molar-refractivity contribution is 5.66. The Morgan fingerprint density at radius 1 is 1.13 bits per heavy atom. The molecule has 0 aromatic heterocycles. The molecule has 3 nitrogen and oxygen atoms in total. The van der Waals surface area contributed by atoms with Gasteiger partial charge in [0.05, 0.1) is 0 Å². The minimum absolute atomic E-state index is 0.192. The maximum atomic E-state index is 10.3. The summed E-state index contributed by atoms with van der Waals surface area (Å²) < 4.78 is 0. The predicted molar refractivity (Wildman–Crippen MR) is 59.8 cm³/mol. The van der Waals surface area contributed by atoms with Crippen molar-refractivity contribution in [3.63, 3.8) is 0 Å². The molecular weight excluding hydrogens is 192 g/mol. The summed E-state index contributed by atoms with van der Waals surface area (Å²) in [6.07, 6.45) is 8.63. The van der Waals surface area contributed by atoms with E-state index in [0.717, 1.165) is 51.2 Å². The molecule has 3 heteroatoms. The van der Waals surface area contributed by atoms with Gasteiger partial charge < -0.3 is 9.90 Å². The Bertz CT molecular complexity index is 178. The Morgan fingerprint density at radius 2 is 1.67 bits per heavy atom. The molecule has 0 radical (unpaired) electrons. The minimum atomic E-state index is -0.699. The van der Waals surface area contributed by atoms with Crippen molar-refractivity contribution in [1.29, 1.82) is 0 Å². The molecule has 88 valence electrons. The smallest absolute Gasteiger partial charge is 0.303 e. The Morgan fingerprint density at radius 3 is 2.20 bits per heavy atom. The number of carboxylic acids is 1. The van der Waals surface area contributed by atoms with Crippen molar-refractivity contribution in [1.82, 2.24) is 0 Å². The van der Waals surface area contributed by atoms with Crippen molar-refractivity contribution in [3.05, 3.63) is 0 Å². The summed E-state index contributed by atoms with van der Waals surface area (Å²) in [6, 6.07) is 0. The van der Waals surface area contributed by atoms with Crippen LogP contribution in [-0.4, -0.2) is 17.4 Å². The van der Waals surface area contributed by atoms with Crippen molar-refractivity contribution >= 4 is 12.3 Å². The molecule has 0 heterocycles. The Kier molecular flexibility index (Phi) is 9.13. The van der Waals surface area contributed by atoms with Crippen LogP contribution in [0.5, 0.6) is 0 Å². The number of rotatable bonds is 10. The summed E-state index contributed by atoms with van der Waals surface area (Å²) in [5, 5.41) is 8.41. The SMILES string of the molecule is CC(C=O)CCCCCCCCC(=O)O. The van der Waals surface area contributed by atoms with Gasteiger partial charge in [0, 0.05) is 12.3 Å². The second kappa shape index (κ2) is 9.69. The first-order valence-corrected chi connectivity index (χ1v) is 5.84. The summed E-state index contributed by atoms with van der Waals surface area (Å²) in [7, 11) is 0.